The smallest absolute Gasteiger partial charge is 0.341 e. The zero-order valence-corrected chi connectivity index (χ0v) is 26.4. The predicted octanol–water partition coefficient (Wildman–Crippen LogP) is 4.38. The van der Waals surface area contributed by atoms with Gasteiger partial charge in [-0.25, -0.2) is 14.4 Å². The molecule has 1 aromatic heterocycles. The first-order valence-electron chi connectivity index (χ1n) is 14.4. The molecule has 1 amide bonds. The van der Waals surface area contributed by atoms with E-state index in [1.807, 2.05) is 32.9 Å². The average Bonchev–Trinajstić information content (AvgIpc) is 3.01. The van der Waals surface area contributed by atoms with Gasteiger partial charge in [0.1, 0.15) is 12.9 Å². The lowest BCUT2D eigenvalue weighted by atomic mass is 9.96. The summed E-state index contributed by atoms with van der Waals surface area (Å²) in [5.41, 5.74) is 5.12. The fourth-order valence-corrected chi connectivity index (χ4v) is 4.82. The summed E-state index contributed by atoms with van der Waals surface area (Å²) >= 11 is 0. The summed E-state index contributed by atoms with van der Waals surface area (Å²) in [6.45, 7) is 4.31. The van der Waals surface area contributed by atoms with Crippen molar-refractivity contribution in [2.75, 3.05) is 25.0 Å². The normalized spacial score (nSPS) is 10.4. The van der Waals surface area contributed by atoms with Gasteiger partial charge in [-0.15, -0.1) is 0 Å². The van der Waals surface area contributed by atoms with Gasteiger partial charge in [0, 0.05) is 11.8 Å². The minimum absolute atomic E-state index is 0.0535. The fourth-order valence-electron chi connectivity index (χ4n) is 4.82. The van der Waals surface area contributed by atoms with Crippen molar-refractivity contribution in [3.05, 3.63) is 123 Å². The van der Waals surface area contributed by atoms with E-state index in [0.717, 1.165) is 33.9 Å². The van der Waals surface area contributed by atoms with E-state index in [-0.39, 0.29) is 24.3 Å². The molecular weight excluding hydrogens is 624 g/mol. The van der Waals surface area contributed by atoms with Crippen LogP contribution in [0.2, 0.25) is 0 Å². The number of aromatic carboxylic acids is 1. The van der Waals surface area contributed by atoms with Gasteiger partial charge in [0.15, 0.2) is 0 Å². The van der Waals surface area contributed by atoms with Crippen LogP contribution in [0, 0.1) is 20.8 Å². The molecule has 4 rings (SSSR count). The van der Waals surface area contributed by atoms with Gasteiger partial charge < -0.3 is 29.8 Å². The van der Waals surface area contributed by atoms with Crippen LogP contribution in [-0.2, 0) is 25.7 Å². The number of carboxylic acids is 3. The Morgan fingerprint density at radius 3 is 1.92 bits per heavy atom. The number of aliphatic carboxylic acids is 2. The van der Waals surface area contributed by atoms with Gasteiger partial charge in [0.05, 0.1) is 30.8 Å². The summed E-state index contributed by atoms with van der Waals surface area (Å²) in [6.07, 6.45) is 1.04. The van der Waals surface area contributed by atoms with Crippen molar-refractivity contribution in [3.8, 4) is 11.1 Å². The Labute approximate surface area is 275 Å². The molecule has 0 saturated heterocycles. The van der Waals surface area contributed by atoms with E-state index in [4.69, 9.17) is 14.9 Å². The second-order valence-corrected chi connectivity index (χ2v) is 10.7. The summed E-state index contributed by atoms with van der Waals surface area (Å²) < 4.78 is 9.91. The highest BCUT2D eigenvalue weighted by Gasteiger charge is 2.18. The second kappa shape index (κ2) is 17.0. The molecule has 48 heavy (non-hydrogen) atoms. The van der Waals surface area contributed by atoms with Crippen molar-refractivity contribution < 1.29 is 48.4 Å². The first-order valence-corrected chi connectivity index (χ1v) is 14.4. The van der Waals surface area contributed by atoms with Crippen LogP contribution in [0.25, 0.3) is 11.1 Å². The zero-order chi connectivity index (χ0) is 35.4. The van der Waals surface area contributed by atoms with Crippen LogP contribution in [0.15, 0.2) is 88.3 Å². The number of hydrogen-bond acceptors (Lipinski definition) is 9. The molecule has 250 valence electrons. The molecule has 0 aliphatic heterocycles. The second-order valence-electron chi connectivity index (χ2n) is 10.7. The summed E-state index contributed by atoms with van der Waals surface area (Å²) in [5.74, 6) is -4.49. The molecule has 0 aliphatic rings. The third kappa shape index (κ3) is 10.8. The number of nitrogens with zero attached hydrogens (tertiary/aromatic N) is 1. The Kier molecular flexibility index (Phi) is 12.9. The van der Waals surface area contributed by atoms with Crippen molar-refractivity contribution in [3.63, 3.8) is 0 Å². The minimum atomic E-state index is -1.18. The molecule has 0 unspecified atom stereocenters. The number of anilines is 1. The fraction of sp³-hybridized carbons (Fsp3) is 0.200. The number of ether oxygens (including phenoxy) is 1. The molecule has 0 saturated carbocycles. The van der Waals surface area contributed by atoms with Crippen molar-refractivity contribution in [1.82, 2.24) is 4.90 Å². The van der Waals surface area contributed by atoms with Gasteiger partial charge in [-0.2, -0.15) is 0 Å². The lowest BCUT2D eigenvalue weighted by Gasteiger charge is -2.19. The number of rotatable bonds is 12. The molecule has 0 atom stereocenters. The zero-order valence-electron chi connectivity index (χ0n) is 26.4. The monoisotopic (exact) mass is 658 g/mol. The Bertz CT molecular complexity index is 1820. The standard InChI is InChI=1S/C20H14O6.C15H20N2O5/c21-18-10-9-14(12-25-18)20(24)26-11-13-5-1-2-6-15(13)16-7-3-4-8-17(16)19(22)23;1-9-4-10(2)15(11(3)5-9)16-12(18)6-17(7-13(19)20)8-14(21)22/h1-10,12H,11H2,(H,22,23);4-5H,6-8H2,1-3H3,(H,16,18)(H,19,20)(H,21,22). The number of carbonyl (C=O) groups is 5. The quantitative estimate of drug-likeness (QED) is 0.157. The van der Waals surface area contributed by atoms with Crippen LogP contribution in [0.3, 0.4) is 0 Å². The average molecular weight is 659 g/mol. The van der Waals surface area contributed by atoms with Crippen molar-refractivity contribution in [2.24, 2.45) is 0 Å². The van der Waals surface area contributed by atoms with Crippen LogP contribution in [0.5, 0.6) is 0 Å². The topological polar surface area (TPSA) is 201 Å². The van der Waals surface area contributed by atoms with Gasteiger partial charge in [0.2, 0.25) is 5.91 Å². The van der Waals surface area contributed by atoms with Crippen LogP contribution >= 0.6 is 0 Å². The first-order chi connectivity index (χ1) is 22.7. The number of nitrogens with one attached hydrogen (secondary N) is 1. The van der Waals surface area contributed by atoms with Crippen LogP contribution in [-0.4, -0.2) is 69.6 Å². The van der Waals surface area contributed by atoms with Crippen LogP contribution in [0.4, 0.5) is 5.69 Å². The maximum Gasteiger partial charge on any atom is 0.341 e. The number of aryl methyl sites for hydroxylation is 3. The van der Waals surface area contributed by atoms with Gasteiger partial charge >= 0.3 is 29.5 Å². The summed E-state index contributed by atoms with van der Waals surface area (Å²) in [6, 6.07) is 20.0. The number of amides is 1. The molecule has 13 heteroatoms. The maximum atomic E-state index is 12.1. The number of esters is 1. The maximum absolute atomic E-state index is 12.1. The number of hydrogen-bond donors (Lipinski definition) is 4. The van der Waals surface area contributed by atoms with Gasteiger partial charge in [-0.05, 0) is 60.7 Å². The van der Waals surface area contributed by atoms with E-state index < -0.39 is 48.5 Å². The van der Waals surface area contributed by atoms with Crippen molar-refractivity contribution in [2.45, 2.75) is 27.4 Å². The first kappa shape index (κ1) is 36.4. The Morgan fingerprint density at radius 1 is 0.771 bits per heavy atom. The van der Waals surface area contributed by atoms with Gasteiger partial charge in [-0.3, -0.25) is 19.3 Å². The molecule has 4 aromatic rings. The molecule has 0 aliphatic carbocycles. The third-order valence-electron chi connectivity index (χ3n) is 6.79. The summed E-state index contributed by atoms with van der Waals surface area (Å²) in [5, 5.41) is 29.6. The molecule has 0 spiro atoms. The highest BCUT2D eigenvalue weighted by molar-refractivity contribution is 5.96. The van der Waals surface area contributed by atoms with E-state index in [1.54, 1.807) is 42.5 Å². The largest absolute Gasteiger partial charge is 0.480 e. The van der Waals surface area contributed by atoms with Crippen molar-refractivity contribution in [1.29, 1.82) is 0 Å². The SMILES string of the molecule is Cc1cc(C)c(NC(=O)CN(CC(=O)O)CC(=O)O)c(C)c1.O=C(OCc1ccccc1-c1ccccc1C(=O)O)c1ccc(=O)oc1. The lowest BCUT2D eigenvalue weighted by Crippen LogP contribution is -2.40. The molecule has 13 nitrogen and oxygen atoms in total. The van der Waals surface area contributed by atoms with E-state index in [2.05, 4.69) is 9.73 Å². The Hall–Kier alpha value is -6.08. The summed E-state index contributed by atoms with van der Waals surface area (Å²) in [4.78, 5) is 69.0. The highest BCUT2D eigenvalue weighted by atomic mass is 16.5. The lowest BCUT2D eigenvalue weighted by molar-refractivity contribution is -0.142. The molecule has 1 heterocycles. The predicted molar refractivity (Wildman–Crippen MR) is 174 cm³/mol. The number of benzene rings is 3. The number of carbonyl (C=O) groups excluding carboxylic acids is 2. The molecule has 0 fully saturated rings. The Balaban J connectivity index is 0.000000265. The van der Waals surface area contributed by atoms with E-state index in [0.29, 0.717) is 22.4 Å². The molecule has 4 N–H and O–H groups in total. The number of carboxylic acid groups (broad SMARTS) is 3. The molecular formula is C35H34N2O11. The van der Waals surface area contributed by atoms with E-state index in [9.17, 15) is 33.9 Å². The molecule has 3 aromatic carbocycles. The van der Waals surface area contributed by atoms with E-state index in [1.165, 1.54) is 12.1 Å². The minimum Gasteiger partial charge on any atom is -0.480 e. The van der Waals surface area contributed by atoms with E-state index >= 15 is 0 Å². The molecule has 0 radical (unpaired) electrons. The van der Waals surface area contributed by atoms with Gasteiger partial charge in [-0.1, -0.05) is 60.2 Å². The van der Waals surface area contributed by atoms with Crippen LogP contribution in [0.1, 0.15) is 43.0 Å². The molecule has 0 bridgehead atoms. The third-order valence-corrected chi connectivity index (χ3v) is 6.79. The van der Waals surface area contributed by atoms with Gasteiger partial charge in [0.25, 0.3) is 0 Å². The highest BCUT2D eigenvalue weighted by Crippen LogP contribution is 2.28. The van der Waals surface area contributed by atoms with Crippen LogP contribution < -0.4 is 10.9 Å². The van der Waals surface area contributed by atoms with Crippen molar-refractivity contribution >= 4 is 35.5 Å². The summed E-state index contributed by atoms with van der Waals surface area (Å²) in [7, 11) is 0. The Morgan fingerprint density at radius 2 is 1.35 bits per heavy atom.